The molecule has 0 spiro atoms. The molecule has 6 heteroatoms. The van der Waals surface area contributed by atoms with Crippen LogP contribution >= 0.6 is 0 Å². The zero-order valence-corrected chi connectivity index (χ0v) is 16.2. The first-order chi connectivity index (χ1) is 13.6. The predicted octanol–water partition coefficient (Wildman–Crippen LogP) is 3.43. The third-order valence-electron chi connectivity index (χ3n) is 5.51. The first kappa shape index (κ1) is 18.4. The van der Waals surface area contributed by atoms with Crippen LogP contribution in [-0.2, 0) is 4.79 Å². The summed E-state index contributed by atoms with van der Waals surface area (Å²) >= 11 is 0. The molecule has 2 N–H and O–H groups in total. The van der Waals surface area contributed by atoms with Gasteiger partial charge >= 0.3 is 5.97 Å². The molecule has 146 valence electrons. The first-order valence-corrected chi connectivity index (χ1v) is 9.50. The number of methoxy groups -OCH3 is 1. The molecular formula is C22H25N3O3. The number of aromatic nitrogens is 1. The van der Waals surface area contributed by atoms with Crippen molar-refractivity contribution in [3.8, 4) is 5.75 Å². The van der Waals surface area contributed by atoms with Crippen LogP contribution in [-0.4, -0.2) is 54.2 Å². The minimum atomic E-state index is -0.805. The number of hydrogen-bond donors (Lipinski definition) is 2. The van der Waals surface area contributed by atoms with E-state index in [1.807, 2.05) is 49.5 Å². The lowest BCUT2D eigenvalue weighted by atomic mass is 10.0. The number of benzene rings is 2. The van der Waals surface area contributed by atoms with E-state index < -0.39 is 12.0 Å². The van der Waals surface area contributed by atoms with Gasteiger partial charge in [-0.05, 0) is 43.3 Å². The van der Waals surface area contributed by atoms with E-state index in [0.29, 0.717) is 13.1 Å². The molecule has 1 saturated heterocycles. The lowest BCUT2D eigenvalue weighted by Gasteiger charge is -2.38. The molecule has 1 atom stereocenters. The quantitative estimate of drug-likeness (QED) is 0.711. The second kappa shape index (κ2) is 7.56. The summed E-state index contributed by atoms with van der Waals surface area (Å²) in [4.78, 5) is 19.7. The lowest BCUT2D eigenvalue weighted by molar-refractivity contribution is -0.143. The van der Waals surface area contributed by atoms with Crippen LogP contribution in [0.2, 0.25) is 0 Å². The Morgan fingerprint density at radius 3 is 2.46 bits per heavy atom. The average Bonchev–Trinajstić information content (AvgIpc) is 3.11. The fourth-order valence-electron chi connectivity index (χ4n) is 4.00. The van der Waals surface area contributed by atoms with Crippen LogP contribution in [0.3, 0.4) is 0 Å². The molecule has 0 radical (unpaired) electrons. The summed E-state index contributed by atoms with van der Waals surface area (Å²) in [6.07, 6.45) is 1.85. The molecule has 28 heavy (non-hydrogen) atoms. The summed E-state index contributed by atoms with van der Waals surface area (Å²) in [5, 5.41) is 11.0. The van der Waals surface area contributed by atoms with Crippen molar-refractivity contribution in [1.29, 1.82) is 0 Å². The van der Waals surface area contributed by atoms with Crippen molar-refractivity contribution in [2.45, 2.75) is 13.0 Å². The van der Waals surface area contributed by atoms with Gasteiger partial charge in [0.25, 0.3) is 0 Å². The number of anilines is 1. The van der Waals surface area contributed by atoms with E-state index in [9.17, 15) is 9.90 Å². The van der Waals surface area contributed by atoms with Crippen molar-refractivity contribution in [3.05, 3.63) is 59.8 Å². The van der Waals surface area contributed by atoms with Gasteiger partial charge in [0, 0.05) is 54.5 Å². The minimum Gasteiger partial charge on any atom is -0.497 e. The lowest BCUT2D eigenvalue weighted by Crippen LogP contribution is -2.49. The Morgan fingerprint density at radius 1 is 1.11 bits per heavy atom. The maximum Gasteiger partial charge on any atom is 0.325 e. The van der Waals surface area contributed by atoms with E-state index in [0.717, 1.165) is 46.6 Å². The number of nitrogens with zero attached hydrogens (tertiary/aromatic N) is 2. The topological polar surface area (TPSA) is 68.8 Å². The van der Waals surface area contributed by atoms with Crippen molar-refractivity contribution in [2.24, 2.45) is 0 Å². The molecule has 0 aliphatic carbocycles. The summed E-state index contributed by atoms with van der Waals surface area (Å²) in [7, 11) is 1.66. The van der Waals surface area contributed by atoms with Crippen molar-refractivity contribution < 1.29 is 14.6 Å². The van der Waals surface area contributed by atoms with Gasteiger partial charge in [-0.1, -0.05) is 11.6 Å². The maximum atomic E-state index is 12.2. The van der Waals surface area contributed by atoms with Crippen molar-refractivity contribution >= 4 is 22.6 Å². The van der Waals surface area contributed by atoms with Crippen LogP contribution in [0.15, 0.2) is 48.7 Å². The highest BCUT2D eigenvalue weighted by Gasteiger charge is 2.32. The summed E-state index contributed by atoms with van der Waals surface area (Å²) in [5.41, 5.74) is 4.07. The zero-order valence-electron chi connectivity index (χ0n) is 16.2. The fraction of sp³-hybridized carbons (Fsp3) is 0.318. The van der Waals surface area contributed by atoms with E-state index in [2.05, 4.69) is 20.9 Å². The Hall–Kier alpha value is -2.99. The van der Waals surface area contributed by atoms with Crippen LogP contribution in [0, 0.1) is 6.92 Å². The van der Waals surface area contributed by atoms with Gasteiger partial charge in [-0.2, -0.15) is 0 Å². The normalized spacial score (nSPS) is 16.3. The number of carboxylic acid groups (broad SMARTS) is 1. The zero-order chi connectivity index (χ0) is 19.7. The highest BCUT2D eigenvalue weighted by Crippen LogP contribution is 2.31. The molecule has 2 heterocycles. The molecular weight excluding hydrogens is 354 g/mol. The number of rotatable bonds is 5. The van der Waals surface area contributed by atoms with Gasteiger partial charge in [-0.25, -0.2) is 0 Å². The number of carbonyl (C=O) groups is 1. The third kappa shape index (κ3) is 3.43. The second-order valence-electron chi connectivity index (χ2n) is 7.25. The Morgan fingerprint density at radius 2 is 1.82 bits per heavy atom. The number of H-pyrrole nitrogens is 1. The molecule has 4 rings (SSSR count). The molecule has 6 nitrogen and oxygen atoms in total. The smallest absolute Gasteiger partial charge is 0.325 e. The van der Waals surface area contributed by atoms with Gasteiger partial charge in [0.15, 0.2) is 0 Å². The van der Waals surface area contributed by atoms with Crippen LogP contribution in [0.25, 0.3) is 10.9 Å². The number of aryl methyl sites for hydroxylation is 1. The maximum absolute atomic E-state index is 12.2. The highest BCUT2D eigenvalue weighted by atomic mass is 16.5. The Kier molecular flexibility index (Phi) is 4.96. The van der Waals surface area contributed by atoms with Crippen molar-refractivity contribution in [2.75, 3.05) is 38.2 Å². The summed E-state index contributed by atoms with van der Waals surface area (Å²) < 4.78 is 5.22. The highest BCUT2D eigenvalue weighted by molar-refractivity contribution is 5.89. The van der Waals surface area contributed by atoms with Crippen LogP contribution in [0.4, 0.5) is 5.69 Å². The van der Waals surface area contributed by atoms with E-state index in [1.54, 1.807) is 7.11 Å². The molecule has 2 aromatic carbocycles. The van der Waals surface area contributed by atoms with Crippen molar-refractivity contribution in [1.82, 2.24) is 9.88 Å². The van der Waals surface area contributed by atoms with Gasteiger partial charge in [-0.3, -0.25) is 9.69 Å². The number of carboxylic acids is 1. The Bertz CT molecular complexity index is 972. The number of piperazine rings is 1. The number of hydrogen-bond acceptors (Lipinski definition) is 4. The molecule has 0 bridgehead atoms. The molecule has 1 aromatic heterocycles. The molecule has 0 unspecified atom stereocenters. The summed E-state index contributed by atoms with van der Waals surface area (Å²) in [5.74, 6) is 0.0308. The third-order valence-corrected chi connectivity index (χ3v) is 5.51. The number of fused-ring (bicyclic) bond motifs is 1. The van der Waals surface area contributed by atoms with Crippen molar-refractivity contribution in [3.63, 3.8) is 0 Å². The van der Waals surface area contributed by atoms with Gasteiger partial charge in [-0.15, -0.1) is 0 Å². The molecule has 1 fully saturated rings. The number of nitrogens with one attached hydrogen (secondary N) is 1. The minimum absolute atomic E-state index is 0.645. The Balaban J connectivity index is 1.53. The van der Waals surface area contributed by atoms with E-state index >= 15 is 0 Å². The van der Waals surface area contributed by atoms with Gasteiger partial charge in [0.1, 0.15) is 11.8 Å². The fourth-order valence-corrected chi connectivity index (χ4v) is 4.00. The molecule has 0 saturated carbocycles. The van der Waals surface area contributed by atoms with Crippen LogP contribution < -0.4 is 9.64 Å². The second-order valence-corrected chi connectivity index (χ2v) is 7.25. The summed E-state index contributed by atoms with van der Waals surface area (Å²) in [6.45, 7) is 5.00. The molecule has 1 aliphatic heterocycles. The summed E-state index contributed by atoms with van der Waals surface area (Å²) in [6, 6.07) is 13.5. The number of aliphatic carboxylic acids is 1. The van der Waals surface area contributed by atoms with E-state index in [-0.39, 0.29) is 0 Å². The standard InChI is InChI=1S/C22H25N3O3/c1-15-3-8-20-18(13-15)19(14-23-20)21(22(26)27)25-11-9-24(10-12-25)16-4-6-17(28-2)7-5-16/h3-8,13-14,21,23H,9-12H2,1-2H3,(H,26,27)/t21-/m0/s1. The first-order valence-electron chi connectivity index (χ1n) is 9.50. The number of aromatic amines is 1. The van der Waals surface area contributed by atoms with Crippen LogP contribution in [0.1, 0.15) is 17.2 Å². The van der Waals surface area contributed by atoms with Crippen LogP contribution in [0.5, 0.6) is 5.75 Å². The molecule has 0 amide bonds. The van der Waals surface area contributed by atoms with E-state index in [1.165, 1.54) is 0 Å². The molecule has 3 aromatic rings. The Labute approximate surface area is 164 Å². The SMILES string of the molecule is COc1ccc(N2CCN([C@H](C(=O)O)c3c[nH]c4ccc(C)cc34)CC2)cc1. The molecule has 1 aliphatic rings. The van der Waals surface area contributed by atoms with Gasteiger partial charge in [0.2, 0.25) is 0 Å². The monoisotopic (exact) mass is 379 g/mol. The van der Waals surface area contributed by atoms with Gasteiger partial charge in [0.05, 0.1) is 7.11 Å². The van der Waals surface area contributed by atoms with E-state index in [4.69, 9.17) is 4.74 Å². The average molecular weight is 379 g/mol. The number of ether oxygens (including phenoxy) is 1. The predicted molar refractivity (Wildman–Crippen MR) is 110 cm³/mol. The van der Waals surface area contributed by atoms with Gasteiger partial charge < -0.3 is 19.7 Å². The largest absolute Gasteiger partial charge is 0.497 e.